The Morgan fingerprint density at radius 3 is 2.31 bits per heavy atom. The zero-order chi connectivity index (χ0) is 25.6. The Balaban J connectivity index is 1.39. The highest BCUT2D eigenvalue weighted by Gasteiger charge is 2.37. The van der Waals surface area contributed by atoms with Crippen molar-refractivity contribution in [2.45, 2.75) is 12.8 Å². The molecule has 0 spiro atoms. The number of alkyl halides is 3. The summed E-state index contributed by atoms with van der Waals surface area (Å²) < 4.78 is 50.3. The predicted octanol–water partition coefficient (Wildman–Crippen LogP) is 4.94. The van der Waals surface area contributed by atoms with E-state index in [1.165, 1.54) is 17.7 Å². The van der Waals surface area contributed by atoms with Gasteiger partial charge in [0.25, 0.3) is 0 Å². The zero-order valence-electron chi connectivity index (χ0n) is 19.7. The molecule has 0 radical (unpaired) electrons. The molecule has 0 aliphatic heterocycles. The van der Waals surface area contributed by atoms with Crippen LogP contribution in [0.2, 0.25) is 0 Å². The van der Waals surface area contributed by atoms with Crippen LogP contribution in [0.1, 0.15) is 11.5 Å². The Morgan fingerprint density at radius 1 is 0.889 bits per heavy atom. The molecule has 0 atom stereocenters. The van der Waals surface area contributed by atoms with Gasteiger partial charge in [-0.2, -0.15) is 18.3 Å². The van der Waals surface area contributed by atoms with Crippen molar-refractivity contribution in [2.75, 3.05) is 0 Å². The molecule has 0 bridgehead atoms. The summed E-state index contributed by atoms with van der Waals surface area (Å²) in [6, 6.07) is 15.4. The monoisotopic (exact) mass is 493 g/mol. The molecule has 10 heteroatoms. The fraction of sp³-hybridized carbons (Fsp3) is 0.192. The Bertz CT molecular complexity index is 1630. The summed E-state index contributed by atoms with van der Waals surface area (Å²) in [6.45, 7) is 0.198. The number of imidazole rings is 1. The van der Waals surface area contributed by atoms with Crippen LogP contribution in [0.25, 0.3) is 33.3 Å². The summed E-state index contributed by atoms with van der Waals surface area (Å²) in [4.78, 5) is 15.6. The maximum Gasteiger partial charge on any atom is 0.449 e. The molecule has 0 amide bonds. The number of aryl methyl sites for hydroxylation is 3. The zero-order valence-corrected chi connectivity index (χ0v) is 19.7. The van der Waals surface area contributed by atoms with E-state index in [9.17, 15) is 18.0 Å². The SMILES string of the molecule is Cn1cc(-c2ccc(=O)n(C)c2)c(COc2ccc(-c3cccc4c3nc(C(F)(F)F)n4C)cc2)n1. The largest absolute Gasteiger partial charge is 0.487 e. The van der Waals surface area contributed by atoms with E-state index < -0.39 is 12.0 Å². The van der Waals surface area contributed by atoms with E-state index >= 15 is 0 Å². The Hall–Kier alpha value is -4.34. The Kier molecular flexibility index (Phi) is 5.66. The van der Waals surface area contributed by atoms with E-state index in [1.54, 1.807) is 66.5 Å². The van der Waals surface area contributed by atoms with Gasteiger partial charge in [-0.05, 0) is 29.8 Å². The summed E-state index contributed by atoms with van der Waals surface area (Å²) in [7, 11) is 4.86. The van der Waals surface area contributed by atoms with Crippen LogP contribution >= 0.6 is 0 Å². The molecule has 3 heterocycles. The number of hydrogen-bond donors (Lipinski definition) is 0. The van der Waals surface area contributed by atoms with Crippen LogP contribution in [-0.4, -0.2) is 23.9 Å². The summed E-state index contributed by atoms with van der Waals surface area (Å²) in [6.07, 6.45) is -0.925. The minimum absolute atomic E-state index is 0.100. The topological polar surface area (TPSA) is 66.9 Å². The first kappa shape index (κ1) is 23.4. The number of hydrogen-bond acceptors (Lipinski definition) is 4. The van der Waals surface area contributed by atoms with Gasteiger partial charge in [0.05, 0.1) is 11.0 Å². The molecule has 5 rings (SSSR count). The van der Waals surface area contributed by atoms with Crippen LogP contribution in [0.4, 0.5) is 13.2 Å². The van der Waals surface area contributed by atoms with E-state index in [0.29, 0.717) is 22.5 Å². The van der Waals surface area contributed by atoms with Crippen molar-refractivity contribution in [3.8, 4) is 28.0 Å². The van der Waals surface area contributed by atoms with Crippen LogP contribution < -0.4 is 10.3 Å². The number of halogens is 3. The van der Waals surface area contributed by atoms with Crippen molar-refractivity contribution in [1.82, 2.24) is 23.9 Å². The van der Waals surface area contributed by atoms with Gasteiger partial charge in [0, 0.05) is 56.3 Å². The molecule has 0 unspecified atom stereocenters. The van der Waals surface area contributed by atoms with Crippen LogP contribution in [0.5, 0.6) is 5.75 Å². The molecule has 0 aliphatic carbocycles. The van der Waals surface area contributed by atoms with Crippen LogP contribution in [0.3, 0.4) is 0 Å². The third-order valence-electron chi connectivity index (χ3n) is 6.01. The highest BCUT2D eigenvalue weighted by Crippen LogP contribution is 2.35. The first-order chi connectivity index (χ1) is 17.1. The molecule has 0 saturated carbocycles. The molecule has 3 aromatic heterocycles. The molecule has 184 valence electrons. The van der Waals surface area contributed by atoms with Crippen LogP contribution in [0.15, 0.2) is 71.8 Å². The minimum atomic E-state index is -4.54. The van der Waals surface area contributed by atoms with Crippen molar-refractivity contribution in [3.05, 3.63) is 88.9 Å². The average Bonchev–Trinajstić information content (AvgIpc) is 3.39. The van der Waals surface area contributed by atoms with Gasteiger partial charge in [-0.3, -0.25) is 9.48 Å². The molecule has 0 N–H and O–H groups in total. The molecule has 5 aromatic rings. The number of fused-ring (bicyclic) bond motifs is 1. The number of rotatable bonds is 5. The quantitative estimate of drug-likeness (QED) is 0.348. The molecule has 0 aliphatic rings. The second-order valence-electron chi connectivity index (χ2n) is 8.51. The maximum absolute atomic E-state index is 13.4. The first-order valence-corrected chi connectivity index (χ1v) is 11.1. The summed E-state index contributed by atoms with van der Waals surface area (Å²) in [5.74, 6) is -0.352. The molecule has 7 nitrogen and oxygen atoms in total. The van der Waals surface area contributed by atoms with Crippen molar-refractivity contribution in [2.24, 2.45) is 21.1 Å². The average molecular weight is 493 g/mol. The number of benzene rings is 2. The first-order valence-electron chi connectivity index (χ1n) is 11.1. The van der Waals surface area contributed by atoms with Gasteiger partial charge in [0.1, 0.15) is 18.1 Å². The number of nitrogens with zero attached hydrogens (tertiary/aromatic N) is 5. The second-order valence-corrected chi connectivity index (χ2v) is 8.51. The minimum Gasteiger partial charge on any atom is -0.487 e. The molecule has 0 saturated heterocycles. The van der Waals surface area contributed by atoms with Crippen molar-refractivity contribution in [1.29, 1.82) is 0 Å². The van der Waals surface area contributed by atoms with Gasteiger partial charge < -0.3 is 13.9 Å². The van der Waals surface area contributed by atoms with Gasteiger partial charge in [-0.15, -0.1) is 0 Å². The van der Waals surface area contributed by atoms with E-state index in [2.05, 4.69) is 10.1 Å². The fourth-order valence-electron chi connectivity index (χ4n) is 4.22. The molecular weight excluding hydrogens is 471 g/mol. The maximum atomic E-state index is 13.4. The van der Waals surface area contributed by atoms with Gasteiger partial charge in [0.15, 0.2) is 0 Å². The molecule has 0 fully saturated rings. The highest BCUT2D eigenvalue weighted by molar-refractivity contribution is 5.92. The lowest BCUT2D eigenvalue weighted by Crippen LogP contribution is -2.14. The van der Waals surface area contributed by atoms with Crippen LogP contribution in [0, 0.1) is 0 Å². The van der Waals surface area contributed by atoms with Gasteiger partial charge in [-0.25, -0.2) is 4.98 Å². The van der Waals surface area contributed by atoms with E-state index in [-0.39, 0.29) is 17.7 Å². The fourth-order valence-corrected chi connectivity index (χ4v) is 4.22. The van der Waals surface area contributed by atoms with Gasteiger partial charge in [-0.1, -0.05) is 24.3 Å². The molecule has 2 aromatic carbocycles. The molecule has 36 heavy (non-hydrogen) atoms. The second kappa shape index (κ2) is 8.71. The predicted molar refractivity (Wildman–Crippen MR) is 129 cm³/mol. The standard InChI is InChI=1S/C26H22F3N5O2/c1-32-13-17(9-12-23(32)35)20-14-33(2)31-21(20)15-36-18-10-7-16(8-11-18)19-5-4-6-22-24(19)30-25(34(22)3)26(27,28)29/h4-14H,15H2,1-3H3. The van der Waals surface area contributed by atoms with Crippen molar-refractivity contribution >= 4 is 11.0 Å². The number of aromatic nitrogens is 5. The lowest BCUT2D eigenvalue weighted by Gasteiger charge is -2.09. The van der Waals surface area contributed by atoms with E-state index in [0.717, 1.165) is 21.3 Å². The third kappa shape index (κ3) is 4.26. The smallest absolute Gasteiger partial charge is 0.449 e. The molecular formula is C26H22F3N5O2. The number of ether oxygens (including phenoxy) is 1. The Labute approximate surface area is 204 Å². The summed E-state index contributed by atoms with van der Waals surface area (Å²) in [5.41, 5.74) is 4.33. The summed E-state index contributed by atoms with van der Waals surface area (Å²) >= 11 is 0. The van der Waals surface area contributed by atoms with Gasteiger partial charge in [0.2, 0.25) is 11.4 Å². The summed E-state index contributed by atoms with van der Waals surface area (Å²) in [5, 5.41) is 4.49. The highest BCUT2D eigenvalue weighted by atomic mass is 19.4. The third-order valence-corrected chi connectivity index (χ3v) is 6.01. The lowest BCUT2D eigenvalue weighted by atomic mass is 10.0. The number of para-hydroxylation sites is 1. The number of pyridine rings is 1. The van der Waals surface area contributed by atoms with Crippen molar-refractivity contribution < 1.29 is 17.9 Å². The Morgan fingerprint density at radius 2 is 1.61 bits per heavy atom. The lowest BCUT2D eigenvalue weighted by molar-refractivity contribution is -0.146. The van der Waals surface area contributed by atoms with Gasteiger partial charge >= 0.3 is 6.18 Å². The van der Waals surface area contributed by atoms with Crippen LogP contribution in [-0.2, 0) is 33.9 Å². The normalized spacial score (nSPS) is 11.8. The van der Waals surface area contributed by atoms with E-state index in [4.69, 9.17) is 4.74 Å². The van der Waals surface area contributed by atoms with E-state index in [1.807, 2.05) is 13.2 Å². The van der Waals surface area contributed by atoms with Crippen molar-refractivity contribution in [3.63, 3.8) is 0 Å².